The van der Waals surface area contributed by atoms with E-state index in [0.717, 1.165) is 23.1 Å². The maximum absolute atomic E-state index is 14.8. The highest BCUT2D eigenvalue weighted by atomic mass is 32.2. The van der Waals surface area contributed by atoms with Crippen LogP contribution in [0, 0.1) is 5.82 Å². The van der Waals surface area contributed by atoms with Crippen LogP contribution < -0.4 is 10.0 Å². The molecule has 2 aromatic heterocycles. The van der Waals surface area contributed by atoms with Crippen LogP contribution in [0.5, 0.6) is 0 Å². The van der Waals surface area contributed by atoms with Gasteiger partial charge in [0.1, 0.15) is 16.5 Å². The molecule has 0 aliphatic heterocycles. The van der Waals surface area contributed by atoms with E-state index in [1.165, 1.54) is 23.2 Å². The highest BCUT2D eigenvalue weighted by Gasteiger charge is 2.21. The molecule has 0 unspecified atom stereocenters. The molecule has 2 N–H and O–H groups in total. The quantitative estimate of drug-likeness (QED) is 0.382. The van der Waals surface area contributed by atoms with Crippen LogP contribution in [0.2, 0.25) is 0 Å². The van der Waals surface area contributed by atoms with Gasteiger partial charge >= 0.3 is 0 Å². The van der Waals surface area contributed by atoms with Gasteiger partial charge in [0.25, 0.3) is 10.0 Å². The van der Waals surface area contributed by atoms with Crippen LogP contribution in [-0.2, 0) is 21.2 Å². The third-order valence-electron chi connectivity index (χ3n) is 4.74. The Morgan fingerprint density at radius 1 is 1.15 bits per heavy atom. The molecule has 0 aliphatic rings. The second-order valence-corrected chi connectivity index (χ2v) is 9.99. The molecule has 9 nitrogen and oxygen atoms in total. The molecule has 0 saturated carbocycles. The molecular formula is C22H21FN6O3S2. The summed E-state index contributed by atoms with van der Waals surface area (Å²) in [6.45, 7) is 0. The van der Waals surface area contributed by atoms with E-state index in [4.69, 9.17) is 0 Å². The SMILES string of the molecule is CN(C)C(=O)Cc1cc(Nc2ccc(S(=O)(=O)Nc3nccs3)c(F)c2)n(-c2ccccc2)n1. The molecule has 0 spiro atoms. The Kier molecular flexibility index (Phi) is 6.61. The zero-order valence-electron chi connectivity index (χ0n) is 18.3. The number of para-hydroxylation sites is 1. The standard InChI is InChI=1S/C22H21FN6O3S2/c1-28(2)21(30)14-16-13-20(29(26-16)17-6-4-3-5-7-17)25-15-8-9-19(18(23)12-15)34(31,32)27-22-24-10-11-33-22/h3-13,25H,14H2,1-2H3,(H,24,27). The summed E-state index contributed by atoms with van der Waals surface area (Å²) in [5.74, 6) is -0.552. The lowest BCUT2D eigenvalue weighted by atomic mass is 10.2. The molecule has 4 rings (SSSR count). The van der Waals surface area contributed by atoms with Gasteiger partial charge in [0.2, 0.25) is 5.91 Å². The van der Waals surface area contributed by atoms with Gasteiger partial charge in [-0.2, -0.15) is 5.10 Å². The summed E-state index contributed by atoms with van der Waals surface area (Å²) in [6, 6.07) is 14.7. The molecule has 2 heterocycles. The van der Waals surface area contributed by atoms with E-state index in [0.29, 0.717) is 17.2 Å². The highest BCUT2D eigenvalue weighted by molar-refractivity contribution is 7.93. The average molecular weight is 501 g/mol. The molecule has 34 heavy (non-hydrogen) atoms. The summed E-state index contributed by atoms with van der Waals surface area (Å²) in [6.07, 6.45) is 1.54. The molecule has 1 amide bonds. The van der Waals surface area contributed by atoms with Crippen molar-refractivity contribution < 1.29 is 17.6 Å². The minimum atomic E-state index is -4.14. The van der Waals surface area contributed by atoms with E-state index >= 15 is 0 Å². The van der Waals surface area contributed by atoms with Gasteiger partial charge in [0.05, 0.1) is 17.8 Å². The zero-order valence-corrected chi connectivity index (χ0v) is 19.9. The molecule has 0 radical (unpaired) electrons. The van der Waals surface area contributed by atoms with E-state index in [1.807, 2.05) is 30.3 Å². The first-order valence-electron chi connectivity index (χ1n) is 10.1. The molecule has 12 heteroatoms. The third kappa shape index (κ3) is 5.24. The first kappa shape index (κ1) is 23.4. The van der Waals surface area contributed by atoms with E-state index in [9.17, 15) is 17.6 Å². The van der Waals surface area contributed by atoms with Gasteiger partial charge in [-0.05, 0) is 30.3 Å². The van der Waals surface area contributed by atoms with Gasteiger partial charge < -0.3 is 10.2 Å². The number of nitrogens with zero attached hydrogens (tertiary/aromatic N) is 4. The Morgan fingerprint density at radius 3 is 2.56 bits per heavy atom. The van der Waals surface area contributed by atoms with Gasteiger partial charge in [-0.1, -0.05) is 18.2 Å². The van der Waals surface area contributed by atoms with Crippen LogP contribution in [0.4, 0.5) is 21.0 Å². The van der Waals surface area contributed by atoms with Crippen molar-refractivity contribution in [2.45, 2.75) is 11.3 Å². The second-order valence-electron chi connectivity index (χ2n) is 7.45. The summed E-state index contributed by atoms with van der Waals surface area (Å²) < 4.78 is 43.7. The maximum Gasteiger partial charge on any atom is 0.266 e. The number of thiazole rings is 1. The number of benzene rings is 2. The fourth-order valence-corrected chi connectivity index (χ4v) is 4.92. The number of aromatic nitrogens is 3. The highest BCUT2D eigenvalue weighted by Crippen LogP contribution is 2.26. The summed E-state index contributed by atoms with van der Waals surface area (Å²) in [4.78, 5) is 17.0. The number of amides is 1. The van der Waals surface area contributed by atoms with Crippen molar-refractivity contribution in [2.75, 3.05) is 24.1 Å². The van der Waals surface area contributed by atoms with Crippen LogP contribution in [0.1, 0.15) is 5.69 Å². The Labute approximate surface area is 199 Å². The Morgan fingerprint density at radius 2 is 1.91 bits per heavy atom. The van der Waals surface area contributed by atoms with E-state index < -0.39 is 20.7 Å². The van der Waals surface area contributed by atoms with Gasteiger partial charge in [-0.25, -0.2) is 22.5 Å². The fraction of sp³-hybridized carbons (Fsp3) is 0.136. The van der Waals surface area contributed by atoms with Gasteiger partial charge in [0, 0.05) is 37.4 Å². The zero-order chi connectivity index (χ0) is 24.3. The molecule has 0 aliphatic carbocycles. The number of rotatable bonds is 8. The van der Waals surface area contributed by atoms with Crippen molar-refractivity contribution in [3.05, 3.63) is 77.7 Å². The number of sulfonamides is 1. The lowest BCUT2D eigenvalue weighted by molar-refractivity contribution is -0.128. The molecule has 0 bridgehead atoms. The molecular weight excluding hydrogens is 479 g/mol. The van der Waals surface area contributed by atoms with Gasteiger partial charge in [-0.15, -0.1) is 11.3 Å². The fourth-order valence-electron chi connectivity index (χ4n) is 3.07. The predicted molar refractivity (Wildman–Crippen MR) is 129 cm³/mol. The number of halogens is 1. The Balaban J connectivity index is 1.63. The lowest BCUT2D eigenvalue weighted by Gasteiger charge is -2.11. The Hall–Kier alpha value is -3.77. The summed E-state index contributed by atoms with van der Waals surface area (Å²) in [5, 5.41) is 9.35. The van der Waals surface area contributed by atoms with Crippen molar-refractivity contribution in [1.29, 1.82) is 0 Å². The largest absolute Gasteiger partial charge is 0.348 e. The lowest BCUT2D eigenvalue weighted by Crippen LogP contribution is -2.23. The molecule has 0 saturated heterocycles. The van der Waals surface area contributed by atoms with Crippen LogP contribution in [-0.4, -0.2) is 48.1 Å². The molecule has 4 aromatic rings. The van der Waals surface area contributed by atoms with Crippen LogP contribution in [0.15, 0.2) is 71.1 Å². The summed E-state index contributed by atoms with van der Waals surface area (Å²) >= 11 is 1.09. The van der Waals surface area contributed by atoms with Crippen LogP contribution >= 0.6 is 11.3 Å². The van der Waals surface area contributed by atoms with Crippen molar-refractivity contribution in [3.8, 4) is 5.69 Å². The minimum Gasteiger partial charge on any atom is -0.348 e. The maximum atomic E-state index is 14.8. The van der Waals surface area contributed by atoms with Crippen LogP contribution in [0.25, 0.3) is 5.69 Å². The normalized spacial score (nSPS) is 11.3. The number of nitrogens with one attached hydrogen (secondary N) is 2. The van der Waals surface area contributed by atoms with E-state index in [1.54, 1.807) is 30.2 Å². The summed E-state index contributed by atoms with van der Waals surface area (Å²) in [7, 11) is -0.809. The van der Waals surface area contributed by atoms with E-state index in [-0.39, 0.29) is 17.5 Å². The first-order chi connectivity index (χ1) is 16.2. The molecule has 0 fully saturated rings. The number of anilines is 3. The first-order valence-corrected chi connectivity index (χ1v) is 12.4. The number of carbonyl (C=O) groups is 1. The van der Waals surface area contributed by atoms with Crippen molar-refractivity contribution in [1.82, 2.24) is 19.7 Å². The smallest absolute Gasteiger partial charge is 0.266 e. The van der Waals surface area contributed by atoms with Gasteiger partial charge in [-0.3, -0.25) is 9.52 Å². The Bertz CT molecular complexity index is 1400. The van der Waals surface area contributed by atoms with Crippen molar-refractivity contribution in [2.24, 2.45) is 0 Å². The molecule has 0 atom stereocenters. The second kappa shape index (κ2) is 9.61. The third-order valence-corrected chi connectivity index (χ3v) is 6.93. The molecule has 2 aromatic carbocycles. The van der Waals surface area contributed by atoms with Crippen molar-refractivity contribution >= 4 is 43.9 Å². The van der Waals surface area contributed by atoms with E-state index in [2.05, 4.69) is 20.1 Å². The van der Waals surface area contributed by atoms with Gasteiger partial charge in [0.15, 0.2) is 5.13 Å². The minimum absolute atomic E-state index is 0.0927. The van der Waals surface area contributed by atoms with Crippen LogP contribution in [0.3, 0.4) is 0 Å². The average Bonchev–Trinajstić information content (AvgIpc) is 3.43. The topological polar surface area (TPSA) is 109 Å². The number of hydrogen-bond acceptors (Lipinski definition) is 7. The molecule has 176 valence electrons. The number of hydrogen-bond donors (Lipinski definition) is 2. The number of likely N-dealkylation sites (N-methyl/N-ethyl adjacent to an activating group) is 1. The van der Waals surface area contributed by atoms with Crippen molar-refractivity contribution in [3.63, 3.8) is 0 Å². The summed E-state index contributed by atoms with van der Waals surface area (Å²) in [5.41, 5.74) is 1.58. The number of carbonyl (C=O) groups excluding carboxylic acids is 1. The monoisotopic (exact) mass is 500 g/mol. The predicted octanol–water partition coefficient (Wildman–Crippen LogP) is 3.64.